The third-order valence-corrected chi connectivity index (χ3v) is 5.25. The van der Waals surface area contributed by atoms with Gasteiger partial charge in [-0.15, -0.1) is 10.2 Å². The highest BCUT2D eigenvalue weighted by molar-refractivity contribution is 7.98. The van der Waals surface area contributed by atoms with Gasteiger partial charge in [-0.05, 0) is 48.7 Å². The molecule has 2 aromatic carbocycles. The van der Waals surface area contributed by atoms with Crippen LogP contribution >= 0.6 is 11.8 Å². The van der Waals surface area contributed by atoms with Gasteiger partial charge in [-0.2, -0.15) is 0 Å². The van der Waals surface area contributed by atoms with Gasteiger partial charge in [0.25, 0.3) is 0 Å². The van der Waals surface area contributed by atoms with Crippen LogP contribution in [0, 0.1) is 5.82 Å². The number of thioether (sulfide) groups is 1. The lowest BCUT2D eigenvalue weighted by Crippen LogP contribution is -2.10. The fourth-order valence-electron chi connectivity index (χ4n) is 2.59. The molecule has 1 aromatic heterocycles. The molecule has 1 atom stereocenters. The lowest BCUT2D eigenvalue weighted by Gasteiger charge is -2.14. The van der Waals surface area contributed by atoms with Gasteiger partial charge in [0.05, 0.1) is 0 Å². The molecule has 0 N–H and O–H groups in total. The van der Waals surface area contributed by atoms with Crippen LogP contribution in [0.2, 0.25) is 0 Å². The summed E-state index contributed by atoms with van der Waals surface area (Å²) in [5.74, 6) is 2.07. The number of aryl methyl sites for hydroxylation is 1. The van der Waals surface area contributed by atoms with E-state index in [9.17, 15) is 4.39 Å². The van der Waals surface area contributed by atoms with Gasteiger partial charge in [-0.25, -0.2) is 4.39 Å². The molecule has 3 aromatic rings. The van der Waals surface area contributed by atoms with Crippen LogP contribution in [-0.2, 0) is 19.2 Å². The molecule has 0 amide bonds. The van der Waals surface area contributed by atoms with E-state index in [4.69, 9.17) is 4.74 Å². The Morgan fingerprint density at radius 2 is 1.69 bits per heavy atom. The van der Waals surface area contributed by atoms with Crippen LogP contribution in [0.1, 0.15) is 36.9 Å². The minimum atomic E-state index is -0.224. The normalized spacial score (nSPS) is 12.2. The third-order valence-electron chi connectivity index (χ3n) is 4.16. The zero-order valence-electron chi connectivity index (χ0n) is 15.1. The monoisotopic (exact) mass is 371 g/mol. The number of hydrogen-bond donors (Lipinski definition) is 0. The summed E-state index contributed by atoms with van der Waals surface area (Å²) in [5, 5.41) is 9.35. The fourth-order valence-corrected chi connectivity index (χ4v) is 3.47. The second kappa shape index (κ2) is 8.36. The number of aromatic nitrogens is 3. The van der Waals surface area contributed by atoms with Gasteiger partial charge in [0.2, 0.25) is 0 Å². The van der Waals surface area contributed by atoms with Crippen molar-refractivity contribution in [2.45, 2.75) is 37.3 Å². The number of hydrogen-bond acceptors (Lipinski definition) is 4. The molecule has 4 nitrogen and oxygen atoms in total. The minimum Gasteiger partial charge on any atom is -0.483 e. The molecular weight excluding hydrogens is 349 g/mol. The predicted molar refractivity (Wildman–Crippen MR) is 102 cm³/mol. The molecule has 1 heterocycles. The van der Waals surface area contributed by atoms with Crippen molar-refractivity contribution >= 4 is 11.8 Å². The zero-order chi connectivity index (χ0) is 18.5. The smallest absolute Gasteiger partial charge is 0.191 e. The summed E-state index contributed by atoms with van der Waals surface area (Å²) in [6.45, 7) is 4.09. The van der Waals surface area contributed by atoms with Gasteiger partial charge < -0.3 is 9.30 Å². The Bertz CT molecular complexity index is 846. The number of ether oxygens (including phenoxy) is 1. The molecule has 3 rings (SSSR count). The van der Waals surface area contributed by atoms with Crippen LogP contribution in [0.4, 0.5) is 4.39 Å². The van der Waals surface area contributed by atoms with E-state index in [0.717, 1.165) is 28.7 Å². The second-order valence-electron chi connectivity index (χ2n) is 6.07. The van der Waals surface area contributed by atoms with E-state index in [2.05, 4.69) is 29.3 Å². The first-order valence-electron chi connectivity index (χ1n) is 8.59. The summed E-state index contributed by atoms with van der Waals surface area (Å²) in [6.07, 6.45) is 0.800. The van der Waals surface area contributed by atoms with E-state index in [1.807, 2.05) is 30.7 Å². The lowest BCUT2D eigenvalue weighted by molar-refractivity contribution is 0.211. The summed E-state index contributed by atoms with van der Waals surface area (Å²) < 4.78 is 20.9. The highest BCUT2D eigenvalue weighted by atomic mass is 32.2. The Morgan fingerprint density at radius 3 is 2.35 bits per heavy atom. The molecule has 0 unspecified atom stereocenters. The molecule has 6 heteroatoms. The minimum absolute atomic E-state index is 0.208. The topological polar surface area (TPSA) is 39.9 Å². The van der Waals surface area contributed by atoms with Crippen LogP contribution in [0.3, 0.4) is 0 Å². The van der Waals surface area contributed by atoms with Gasteiger partial charge in [-0.3, -0.25) is 0 Å². The first-order chi connectivity index (χ1) is 12.6. The molecule has 0 fully saturated rings. The van der Waals surface area contributed by atoms with E-state index >= 15 is 0 Å². The molecule has 0 radical (unpaired) electrons. The number of halogens is 1. The summed E-state index contributed by atoms with van der Waals surface area (Å²) in [4.78, 5) is 0. The Morgan fingerprint density at radius 1 is 1.04 bits per heavy atom. The van der Waals surface area contributed by atoms with E-state index in [1.54, 1.807) is 23.9 Å². The van der Waals surface area contributed by atoms with Gasteiger partial charge >= 0.3 is 0 Å². The lowest BCUT2D eigenvalue weighted by atomic mass is 10.2. The average Bonchev–Trinajstić information content (AvgIpc) is 3.02. The largest absolute Gasteiger partial charge is 0.483 e. The van der Waals surface area contributed by atoms with Crippen molar-refractivity contribution in [2.24, 2.45) is 7.05 Å². The van der Waals surface area contributed by atoms with E-state index in [1.165, 1.54) is 17.7 Å². The van der Waals surface area contributed by atoms with Crippen molar-refractivity contribution in [2.75, 3.05) is 0 Å². The third kappa shape index (κ3) is 4.43. The summed E-state index contributed by atoms with van der Waals surface area (Å²) in [6, 6.07) is 14.6. The zero-order valence-corrected chi connectivity index (χ0v) is 16.0. The van der Waals surface area contributed by atoms with E-state index < -0.39 is 0 Å². The molecule has 0 aliphatic rings. The Balaban J connectivity index is 1.64. The summed E-state index contributed by atoms with van der Waals surface area (Å²) in [5.41, 5.74) is 2.32. The number of nitrogens with zero attached hydrogens (tertiary/aromatic N) is 3. The summed E-state index contributed by atoms with van der Waals surface area (Å²) >= 11 is 1.57. The maximum Gasteiger partial charge on any atom is 0.191 e. The predicted octanol–water partition coefficient (Wildman–Crippen LogP) is 4.95. The van der Waals surface area contributed by atoms with Crippen molar-refractivity contribution in [3.63, 3.8) is 0 Å². The van der Waals surface area contributed by atoms with Crippen molar-refractivity contribution in [3.8, 4) is 5.75 Å². The first-order valence-corrected chi connectivity index (χ1v) is 9.57. The standard InChI is InChI=1S/C20H22FN3OS/c1-4-15-7-11-18(12-8-15)25-14(2)19-22-23-20(24(19)3)26-13-16-5-9-17(21)10-6-16/h5-12,14H,4,13H2,1-3H3/t14-/m1/s1. The molecule has 26 heavy (non-hydrogen) atoms. The molecule has 0 saturated carbocycles. The molecule has 0 aliphatic carbocycles. The van der Waals surface area contributed by atoms with Crippen molar-refractivity contribution < 1.29 is 9.13 Å². The van der Waals surface area contributed by atoms with Crippen LogP contribution in [0.5, 0.6) is 5.75 Å². The average molecular weight is 371 g/mol. The number of rotatable bonds is 7. The summed E-state index contributed by atoms with van der Waals surface area (Å²) in [7, 11) is 1.93. The Kier molecular flexibility index (Phi) is 5.93. The van der Waals surface area contributed by atoms with Crippen molar-refractivity contribution in [1.29, 1.82) is 0 Å². The van der Waals surface area contributed by atoms with Gasteiger partial charge in [0, 0.05) is 12.8 Å². The number of benzene rings is 2. The van der Waals surface area contributed by atoms with E-state index in [0.29, 0.717) is 5.75 Å². The second-order valence-corrected chi connectivity index (χ2v) is 7.02. The first kappa shape index (κ1) is 18.5. The molecule has 136 valence electrons. The maximum absolute atomic E-state index is 13.0. The maximum atomic E-state index is 13.0. The highest BCUT2D eigenvalue weighted by Gasteiger charge is 2.17. The SMILES string of the molecule is CCc1ccc(O[C@H](C)c2nnc(SCc3ccc(F)cc3)n2C)cc1. The quantitative estimate of drug-likeness (QED) is 0.551. The Hall–Kier alpha value is -2.34. The van der Waals surface area contributed by atoms with Crippen molar-refractivity contribution in [3.05, 3.63) is 71.3 Å². The van der Waals surface area contributed by atoms with Gasteiger partial charge in [0.15, 0.2) is 17.1 Å². The molecule has 0 saturated heterocycles. The van der Waals surface area contributed by atoms with Crippen molar-refractivity contribution in [1.82, 2.24) is 14.8 Å². The van der Waals surface area contributed by atoms with Crippen LogP contribution < -0.4 is 4.74 Å². The molecule has 0 bridgehead atoms. The molecule has 0 spiro atoms. The van der Waals surface area contributed by atoms with Gasteiger partial charge in [0.1, 0.15) is 11.6 Å². The van der Waals surface area contributed by atoms with Gasteiger partial charge in [-0.1, -0.05) is 43.0 Å². The molecular formula is C20H22FN3OS. The fraction of sp³-hybridized carbons (Fsp3) is 0.300. The van der Waals surface area contributed by atoms with Crippen LogP contribution in [0.25, 0.3) is 0 Å². The van der Waals surface area contributed by atoms with Crippen LogP contribution in [0.15, 0.2) is 53.7 Å². The van der Waals surface area contributed by atoms with Crippen LogP contribution in [-0.4, -0.2) is 14.8 Å². The molecule has 0 aliphatic heterocycles. The van der Waals surface area contributed by atoms with E-state index in [-0.39, 0.29) is 11.9 Å². The Labute approximate surface area is 157 Å². The highest BCUT2D eigenvalue weighted by Crippen LogP contribution is 2.25.